The van der Waals surface area contributed by atoms with Crippen molar-refractivity contribution in [1.82, 2.24) is 0 Å². The highest BCUT2D eigenvalue weighted by Gasteiger charge is 2.12. The lowest BCUT2D eigenvalue weighted by molar-refractivity contribution is 0.397. The van der Waals surface area contributed by atoms with E-state index in [2.05, 4.69) is 31.2 Å². The molecule has 0 N–H and O–H groups in total. The molecule has 0 bridgehead atoms. The number of thiocarbonyl (C=S) groups is 1. The smallest absolute Gasteiger partial charge is 0.166 e. The molecule has 0 aliphatic carbocycles. The molecule has 0 aliphatic heterocycles. The Kier molecular flexibility index (Phi) is 3.82. The van der Waals surface area contributed by atoms with Gasteiger partial charge in [0.1, 0.15) is 5.75 Å². The van der Waals surface area contributed by atoms with Crippen molar-refractivity contribution in [3.05, 3.63) is 42.0 Å². The molecule has 0 saturated carbocycles. The third kappa shape index (κ3) is 2.46. The summed E-state index contributed by atoms with van der Waals surface area (Å²) in [6.07, 6.45) is 0. The Morgan fingerprint density at radius 2 is 1.72 bits per heavy atom. The van der Waals surface area contributed by atoms with Crippen molar-refractivity contribution in [2.24, 2.45) is 0 Å². The van der Waals surface area contributed by atoms with E-state index in [9.17, 15) is 0 Å². The number of hydrogen-bond donors (Lipinski definition) is 0. The fourth-order valence-electron chi connectivity index (χ4n) is 1.95. The zero-order chi connectivity index (χ0) is 13.1. The Balaban J connectivity index is 2.42. The Bertz CT molecular complexity index is 578. The maximum atomic E-state index is 5.21. The van der Waals surface area contributed by atoms with E-state index in [-0.39, 0.29) is 5.92 Å². The van der Waals surface area contributed by atoms with Crippen LogP contribution in [-0.4, -0.2) is 19.3 Å². The molecule has 0 saturated heterocycles. The SMILES string of the molecule is COC(=S)C(C)c1ccc2cc(OC)ccc2c1. The second-order valence-electron chi connectivity index (χ2n) is 4.22. The van der Waals surface area contributed by atoms with Crippen molar-refractivity contribution in [1.29, 1.82) is 0 Å². The molecule has 0 aromatic heterocycles. The van der Waals surface area contributed by atoms with Crippen LogP contribution in [0.25, 0.3) is 10.8 Å². The van der Waals surface area contributed by atoms with Crippen molar-refractivity contribution in [2.75, 3.05) is 14.2 Å². The molecule has 18 heavy (non-hydrogen) atoms. The second kappa shape index (κ2) is 5.36. The van der Waals surface area contributed by atoms with Gasteiger partial charge in [-0.25, -0.2) is 0 Å². The zero-order valence-electron chi connectivity index (χ0n) is 10.8. The molecule has 2 nitrogen and oxygen atoms in total. The van der Waals surface area contributed by atoms with E-state index in [1.165, 1.54) is 10.9 Å². The van der Waals surface area contributed by atoms with Crippen LogP contribution in [0.5, 0.6) is 5.75 Å². The Morgan fingerprint density at radius 1 is 1.06 bits per heavy atom. The number of rotatable bonds is 3. The van der Waals surface area contributed by atoms with Gasteiger partial charge < -0.3 is 9.47 Å². The van der Waals surface area contributed by atoms with E-state index in [4.69, 9.17) is 21.7 Å². The number of methoxy groups -OCH3 is 2. The number of benzene rings is 2. The van der Waals surface area contributed by atoms with Crippen molar-refractivity contribution in [2.45, 2.75) is 12.8 Å². The van der Waals surface area contributed by atoms with E-state index in [0.29, 0.717) is 5.05 Å². The van der Waals surface area contributed by atoms with E-state index >= 15 is 0 Å². The summed E-state index contributed by atoms with van der Waals surface area (Å²) in [7, 11) is 3.29. The molecule has 94 valence electrons. The largest absolute Gasteiger partial charge is 0.497 e. The van der Waals surface area contributed by atoms with E-state index in [1.807, 2.05) is 12.1 Å². The fraction of sp³-hybridized carbons (Fsp3) is 0.267. The minimum atomic E-state index is 0.122. The lowest BCUT2D eigenvalue weighted by atomic mass is 9.98. The van der Waals surface area contributed by atoms with Gasteiger partial charge in [-0.1, -0.05) is 31.2 Å². The van der Waals surface area contributed by atoms with Crippen LogP contribution < -0.4 is 4.74 Å². The lowest BCUT2D eigenvalue weighted by Crippen LogP contribution is -2.08. The third-order valence-electron chi connectivity index (χ3n) is 3.13. The minimum absolute atomic E-state index is 0.122. The van der Waals surface area contributed by atoms with Gasteiger partial charge >= 0.3 is 0 Å². The highest BCUT2D eigenvalue weighted by atomic mass is 32.1. The minimum Gasteiger partial charge on any atom is -0.497 e. The maximum Gasteiger partial charge on any atom is 0.166 e. The van der Waals surface area contributed by atoms with E-state index in [1.54, 1.807) is 14.2 Å². The topological polar surface area (TPSA) is 18.5 Å². The first-order valence-corrected chi connectivity index (χ1v) is 6.22. The molecule has 0 spiro atoms. The van der Waals surface area contributed by atoms with E-state index < -0.39 is 0 Å². The molecule has 1 unspecified atom stereocenters. The molecule has 0 heterocycles. The van der Waals surface area contributed by atoms with E-state index in [0.717, 1.165) is 11.1 Å². The molecule has 0 radical (unpaired) electrons. The van der Waals surface area contributed by atoms with Crippen LogP contribution in [0, 0.1) is 0 Å². The average molecular weight is 260 g/mol. The molecule has 0 fully saturated rings. The Hall–Kier alpha value is -1.61. The average Bonchev–Trinajstić information content (AvgIpc) is 2.44. The zero-order valence-corrected chi connectivity index (χ0v) is 11.6. The molecule has 2 aromatic rings. The predicted molar refractivity (Wildman–Crippen MR) is 78.5 cm³/mol. The molecule has 0 aliphatic rings. The van der Waals surface area contributed by atoms with Crippen LogP contribution in [0.4, 0.5) is 0 Å². The summed E-state index contributed by atoms with van der Waals surface area (Å²) in [5, 5.41) is 2.95. The summed E-state index contributed by atoms with van der Waals surface area (Å²) in [5.74, 6) is 0.993. The highest BCUT2D eigenvalue weighted by Crippen LogP contribution is 2.25. The summed E-state index contributed by atoms with van der Waals surface area (Å²) in [6.45, 7) is 2.05. The summed E-state index contributed by atoms with van der Waals surface area (Å²) in [5.41, 5.74) is 1.17. The van der Waals surface area contributed by atoms with Crippen LogP contribution in [0.3, 0.4) is 0 Å². The lowest BCUT2D eigenvalue weighted by Gasteiger charge is -2.13. The number of fused-ring (bicyclic) bond motifs is 1. The van der Waals surface area contributed by atoms with Crippen LogP contribution in [0.2, 0.25) is 0 Å². The number of ether oxygens (including phenoxy) is 2. The number of hydrogen-bond acceptors (Lipinski definition) is 3. The van der Waals surface area contributed by atoms with Gasteiger partial charge in [0.25, 0.3) is 0 Å². The monoisotopic (exact) mass is 260 g/mol. The van der Waals surface area contributed by atoms with Crippen molar-refractivity contribution < 1.29 is 9.47 Å². The Morgan fingerprint density at radius 3 is 2.39 bits per heavy atom. The van der Waals surface area contributed by atoms with Crippen LogP contribution >= 0.6 is 12.2 Å². The highest BCUT2D eigenvalue weighted by molar-refractivity contribution is 7.80. The molecular formula is C15H16O2S. The van der Waals surface area contributed by atoms with Crippen molar-refractivity contribution in [3.8, 4) is 5.75 Å². The predicted octanol–water partition coefficient (Wildman–Crippen LogP) is 3.93. The van der Waals surface area contributed by atoms with Gasteiger partial charge in [0.15, 0.2) is 5.05 Å². The molecule has 3 heteroatoms. The van der Waals surface area contributed by atoms with Gasteiger partial charge in [0.05, 0.1) is 14.2 Å². The molecule has 1 atom stereocenters. The van der Waals surface area contributed by atoms with Crippen LogP contribution in [-0.2, 0) is 4.74 Å². The second-order valence-corrected chi connectivity index (χ2v) is 4.62. The summed E-state index contributed by atoms with van der Waals surface area (Å²) in [4.78, 5) is 0. The maximum absolute atomic E-state index is 5.21. The molecule has 0 amide bonds. The van der Waals surface area contributed by atoms with Gasteiger partial charge in [0.2, 0.25) is 0 Å². The summed E-state index contributed by atoms with van der Waals surface area (Å²) in [6, 6.07) is 12.4. The first-order valence-electron chi connectivity index (χ1n) is 5.81. The van der Waals surface area contributed by atoms with Crippen LogP contribution in [0.1, 0.15) is 18.4 Å². The van der Waals surface area contributed by atoms with Crippen molar-refractivity contribution in [3.63, 3.8) is 0 Å². The third-order valence-corrected chi connectivity index (χ3v) is 3.65. The summed E-state index contributed by atoms with van der Waals surface area (Å²) < 4.78 is 10.3. The van der Waals surface area contributed by atoms with Gasteiger partial charge in [-0.05, 0) is 40.7 Å². The standard InChI is InChI=1S/C15H16O2S/c1-10(15(18)17-3)11-4-5-13-9-14(16-2)7-6-12(13)8-11/h4-10H,1-3H3. The summed E-state index contributed by atoms with van der Waals surface area (Å²) >= 11 is 5.18. The molecular weight excluding hydrogens is 244 g/mol. The quantitative estimate of drug-likeness (QED) is 0.779. The van der Waals surface area contributed by atoms with Gasteiger partial charge in [-0.3, -0.25) is 0 Å². The molecule has 2 rings (SSSR count). The first-order chi connectivity index (χ1) is 8.65. The first kappa shape index (κ1) is 12.8. The van der Waals surface area contributed by atoms with Gasteiger partial charge in [0, 0.05) is 5.92 Å². The van der Waals surface area contributed by atoms with Crippen molar-refractivity contribution >= 4 is 28.0 Å². The normalized spacial score (nSPS) is 12.2. The van der Waals surface area contributed by atoms with Crippen LogP contribution in [0.15, 0.2) is 36.4 Å². The Labute approximate surface area is 113 Å². The van der Waals surface area contributed by atoms with Gasteiger partial charge in [-0.15, -0.1) is 0 Å². The molecule has 2 aromatic carbocycles. The van der Waals surface area contributed by atoms with Gasteiger partial charge in [-0.2, -0.15) is 0 Å². The fourth-order valence-corrected chi connectivity index (χ4v) is 2.09.